The summed E-state index contributed by atoms with van der Waals surface area (Å²) < 4.78 is 4.55. The van der Waals surface area contributed by atoms with Crippen LogP contribution in [0.5, 0.6) is 0 Å². The van der Waals surface area contributed by atoms with Crippen LogP contribution in [0.2, 0.25) is 0 Å². The number of anilines is 1. The van der Waals surface area contributed by atoms with E-state index in [0.717, 1.165) is 19.6 Å². The number of ether oxygens (including phenoxy) is 1. The number of nitrogens with zero attached hydrogens (tertiary/aromatic N) is 4. The SMILES string of the molecule is COC(=O)/C=C/c1ccc(N2CCN(Cc3ccncc3)CC2)c([N+](=O)[O-])c1. The van der Waals surface area contributed by atoms with Gasteiger partial charge in [-0.1, -0.05) is 6.07 Å². The fourth-order valence-corrected chi connectivity index (χ4v) is 3.18. The minimum absolute atomic E-state index is 0.0367. The standard InChI is InChI=1S/C20H22N4O4/c1-28-20(25)5-3-16-2-4-18(19(14-16)24(26)27)23-12-10-22(11-13-23)15-17-6-8-21-9-7-17/h2-9,14H,10-13,15H2,1H3/b5-3+. The van der Waals surface area contributed by atoms with Crippen molar-refractivity contribution in [2.45, 2.75) is 6.54 Å². The van der Waals surface area contributed by atoms with Gasteiger partial charge in [0.25, 0.3) is 5.69 Å². The molecule has 8 heteroatoms. The van der Waals surface area contributed by atoms with Crippen molar-refractivity contribution in [1.82, 2.24) is 9.88 Å². The summed E-state index contributed by atoms with van der Waals surface area (Å²) in [6, 6.07) is 8.99. The second kappa shape index (κ2) is 9.09. The van der Waals surface area contributed by atoms with Crippen LogP contribution in [0.15, 0.2) is 48.8 Å². The Labute approximate surface area is 163 Å². The Morgan fingerprint density at radius 3 is 2.57 bits per heavy atom. The molecule has 1 fully saturated rings. The number of carbonyl (C=O) groups is 1. The van der Waals surface area contributed by atoms with E-state index in [2.05, 4.69) is 14.6 Å². The molecule has 0 bridgehead atoms. The van der Waals surface area contributed by atoms with Crippen LogP contribution in [0.25, 0.3) is 6.08 Å². The van der Waals surface area contributed by atoms with Gasteiger partial charge in [0.05, 0.1) is 12.0 Å². The Hall–Kier alpha value is -3.26. The van der Waals surface area contributed by atoms with E-state index in [9.17, 15) is 14.9 Å². The molecule has 1 aromatic carbocycles. The summed E-state index contributed by atoms with van der Waals surface area (Å²) in [5.74, 6) is -0.503. The molecule has 0 amide bonds. The first kappa shape index (κ1) is 19.5. The Morgan fingerprint density at radius 1 is 1.21 bits per heavy atom. The van der Waals surface area contributed by atoms with Gasteiger partial charge in [-0.3, -0.25) is 20.0 Å². The fourth-order valence-electron chi connectivity index (χ4n) is 3.18. The van der Waals surface area contributed by atoms with Crippen LogP contribution >= 0.6 is 0 Å². The predicted octanol–water partition coefficient (Wildman–Crippen LogP) is 2.50. The molecular formula is C20H22N4O4. The number of benzene rings is 1. The van der Waals surface area contributed by atoms with Gasteiger partial charge in [-0.25, -0.2) is 4.79 Å². The molecule has 146 valence electrons. The number of nitro benzene ring substituents is 1. The highest BCUT2D eigenvalue weighted by atomic mass is 16.6. The van der Waals surface area contributed by atoms with E-state index in [1.165, 1.54) is 30.9 Å². The molecule has 1 aliphatic heterocycles. The van der Waals surface area contributed by atoms with Gasteiger partial charge < -0.3 is 9.64 Å². The van der Waals surface area contributed by atoms with E-state index in [1.807, 2.05) is 17.0 Å². The molecule has 0 saturated carbocycles. The molecule has 2 aromatic rings. The Morgan fingerprint density at radius 2 is 1.93 bits per heavy atom. The first-order valence-corrected chi connectivity index (χ1v) is 8.97. The number of rotatable bonds is 6. The van der Waals surface area contributed by atoms with Gasteiger partial charge in [0, 0.05) is 57.3 Å². The number of hydrogen-bond acceptors (Lipinski definition) is 7. The molecule has 1 aliphatic rings. The van der Waals surface area contributed by atoms with Crippen LogP contribution in [-0.4, -0.2) is 54.1 Å². The topological polar surface area (TPSA) is 88.8 Å². The van der Waals surface area contributed by atoms with Gasteiger partial charge in [0.2, 0.25) is 0 Å². The van der Waals surface area contributed by atoms with Gasteiger partial charge in [-0.2, -0.15) is 0 Å². The third kappa shape index (κ3) is 4.92. The molecule has 0 unspecified atom stereocenters. The molecule has 28 heavy (non-hydrogen) atoms. The largest absolute Gasteiger partial charge is 0.466 e. The van der Waals surface area contributed by atoms with Gasteiger partial charge >= 0.3 is 5.97 Å². The summed E-state index contributed by atoms with van der Waals surface area (Å²) in [7, 11) is 1.28. The molecule has 0 N–H and O–H groups in total. The summed E-state index contributed by atoms with van der Waals surface area (Å²) in [5.41, 5.74) is 2.42. The molecule has 1 aromatic heterocycles. The number of esters is 1. The van der Waals surface area contributed by atoms with Crippen LogP contribution in [0, 0.1) is 10.1 Å². The molecule has 3 rings (SSSR count). The number of piperazine rings is 1. The van der Waals surface area contributed by atoms with E-state index in [1.54, 1.807) is 24.5 Å². The highest BCUT2D eigenvalue weighted by molar-refractivity contribution is 5.87. The summed E-state index contributed by atoms with van der Waals surface area (Å²) in [6.07, 6.45) is 6.32. The highest BCUT2D eigenvalue weighted by Crippen LogP contribution is 2.30. The molecule has 0 spiro atoms. The van der Waals surface area contributed by atoms with E-state index in [0.29, 0.717) is 24.3 Å². The first-order valence-electron chi connectivity index (χ1n) is 8.97. The Kier molecular flexibility index (Phi) is 6.33. The highest BCUT2D eigenvalue weighted by Gasteiger charge is 2.24. The number of nitro groups is 1. The molecule has 8 nitrogen and oxygen atoms in total. The van der Waals surface area contributed by atoms with Crippen LogP contribution in [-0.2, 0) is 16.1 Å². The van der Waals surface area contributed by atoms with E-state index >= 15 is 0 Å². The van der Waals surface area contributed by atoms with Crippen molar-refractivity contribution in [2.24, 2.45) is 0 Å². The first-order chi connectivity index (χ1) is 13.6. The van der Waals surface area contributed by atoms with Gasteiger partial charge in [-0.05, 0) is 35.4 Å². The molecule has 2 heterocycles. The zero-order valence-electron chi connectivity index (χ0n) is 15.7. The maximum Gasteiger partial charge on any atom is 0.330 e. The van der Waals surface area contributed by atoms with Gasteiger partial charge in [-0.15, -0.1) is 0 Å². The van der Waals surface area contributed by atoms with Crippen molar-refractivity contribution in [1.29, 1.82) is 0 Å². The second-order valence-corrected chi connectivity index (χ2v) is 6.48. The van der Waals surface area contributed by atoms with E-state index in [4.69, 9.17) is 0 Å². The average molecular weight is 382 g/mol. The van der Waals surface area contributed by atoms with Crippen LogP contribution in [0.1, 0.15) is 11.1 Å². The lowest BCUT2D eigenvalue weighted by Gasteiger charge is -2.35. The fraction of sp³-hybridized carbons (Fsp3) is 0.300. The summed E-state index contributed by atoms with van der Waals surface area (Å²) in [6.45, 7) is 3.91. The van der Waals surface area contributed by atoms with Crippen LogP contribution in [0.4, 0.5) is 11.4 Å². The Balaban J connectivity index is 1.69. The van der Waals surface area contributed by atoms with E-state index < -0.39 is 5.97 Å². The minimum atomic E-state index is -0.503. The molecule has 1 saturated heterocycles. The smallest absolute Gasteiger partial charge is 0.330 e. The number of pyridine rings is 1. The lowest BCUT2D eigenvalue weighted by Crippen LogP contribution is -2.46. The van der Waals surface area contributed by atoms with Crippen molar-refractivity contribution in [3.63, 3.8) is 0 Å². The van der Waals surface area contributed by atoms with Crippen LogP contribution in [0.3, 0.4) is 0 Å². The normalized spacial score (nSPS) is 15.0. The zero-order chi connectivity index (χ0) is 19.9. The summed E-state index contributed by atoms with van der Waals surface area (Å²) >= 11 is 0. The second-order valence-electron chi connectivity index (χ2n) is 6.48. The van der Waals surface area contributed by atoms with Crippen molar-refractivity contribution in [3.8, 4) is 0 Å². The Bertz CT molecular complexity index is 862. The molecular weight excluding hydrogens is 360 g/mol. The van der Waals surface area contributed by atoms with Crippen molar-refractivity contribution in [2.75, 3.05) is 38.2 Å². The lowest BCUT2D eigenvalue weighted by atomic mass is 10.1. The number of methoxy groups -OCH3 is 1. The number of hydrogen-bond donors (Lipinski definition) is 0. The van der Waals surface area contributed by atoms with Gasteiger partial charge in [0.15, 0.2) is 0 Å². The van der Waals surface area contributed by atoms with Crippen molar-refractivity contribution >= 4 is 23.4 Å². The van der Waals surface area contributed by atoms with Gasteiger partial charge in [0.1, 0.15) is 5.69 Å². The minimum Gasteiger partial charge on any atom is -0.466 e. The molecule has 0 radical (unpaired) electrons. The quantitative estimate of drug-likeness (QED) is 0.328. The number of carbonyl (C=O) groups excluding carboxylic acids is 1. The maximum atomic E-state index is 11.6. The van der Waals surface area contributed by atoms with Crippen molar-refractivity contribution < 1.29 is 14.5 Å². The van der Waals surface area contributed by atoms with Crippen LogP contribution < -0.4 is 4.90 Å². The molecule has 0 aliphatic carbocycles. The third-order valence-corrected chi connectivity index (χ3v) is 4.68. The monoisotopic (exact) mass is 382 g/mol. The average Bonchev–Trinajstić information content (AvgIpc) is 2.73. The summed E-state index contributed by atoms with van der Waals surface area (Å²) in [5, 5.41) is 11.6. The third-order valence-electron chi connectivity index (χ3n) is 4.68. The predicted molar refractivity (Wildman–Crippen MR) is 106 cm³/mol. The van der Waals surface area contributed by atoms with E-state index in [-0.39, 0.29) is 10.6 Å². The maximum absolute atomic E-state index is 11.6. The number of aromatic nitrogens is 1. The zero-order valence-corrected chi connectivity index (χ0v) is 15.7. The lowest BCUT2D eigenvalue weighted by molar-refractivity contribution is -0.384. The summed E-state index contributed by atoms with van der Waals surface area (Å²) in [4.78, 5) is 30.8. The molecule has 0 atom stereocenters. The van der Waals surface area contributed by atoms with Crippen molar-refractivity contribution in [3.05, 3.63) is 70.0 Å².